The number of sulfonamides is 1. The van der Waals surface area contributed by atoms with Crippen LogP contribution in [0, 0.1) is 0 Å². The van der Waals surface area contributed by atoms with Crippen molar-refractivity contribution in [3.8, 4) is 0 Å². The van der Waals surface area contributed by atoms with Crippen molar-refractivity contribution in [3.05, 3.63) is 81.7 Å². The summed E-state index contributed by atoms with van der Waals surface area (Å²) < 4.78 is 31.0. The van der Waals surface area contributed by atoms with Crippen LogP contribution in [0.25, 0.3) is 0 Å². The van der Waals surface area contributed by atoms with Gasteiger partial charge in [-0.3, -0.25) is 9.10 Å². The van der Waals surface area contributed by atoms with E-state index >= 15 is 0 Å². The molecule has 1 amide bonds. The first kappa shape index (κ1) is 24.9. The van der Waals surface area contributed by atoms with E-state index in [2.05, 4.69) is 10.2 Å². The Kier molecular flexibility index (Phi) is 7.25. The molecular weight excluding hydrogens is 486 g/mol. The molecule has 0 atom stereocenters. The lowest BCUT2D eigenvalue weighted by Gasteiger charge is -2.22. The number of rotatable bonds is 7. The first-order valence-electron chi connectivity index (χ1n) is 11.0. The number of ether oxygens (including phenoxy) is 1. The summed E-state index contributed by atoms with van der Waals surface area (Å²) in [5.74, 6) is -0.809. The van der Waals surface area contributed by atoms with Gasteiger partial charge < -0.3 is 15.0 Å². The number of amides is 1. The summed E-state index contributed by atoms with van der Waals surface area (Å²) in [5, 5.41) is 3.36. The number of fused-ring (bicyclic) bond motifs is 1. The molecule has 0 spiro atoms. The average molecular weight is 514 g/mol. The van der Waals surface area contributed by atoms with Crippen molar-refractivity contribution in [2.45, 2.75) is 19.5 Å². The number of esters is 1. The Labute approximate surface area is 209 Å². The second kappa shape index (κ2) is 10.2. The maximum atomic E-state index is 13.0. The molecule has 8 nitrogen and oxygen atoms in total. The quantitative estimate of drug-likeness (QED) is 0.484. The first-order chi connectivity index (χ1) is 16.7. The number of nitrogens with one attached hydrogen (secondary N) is 1. The molecule has 4 rings (SSSR count). The van der Waals surface area contributed by atoms with Gasteiger partial charge in [0.1, 0.15) is 5.00 Å². The zero-order valence-corrected chi connectivity index (χ0v) is 21.4. The van der Waals surface area contributed by atoms with Crippen LogP contribution in [0.3, 0.4) is 0 Å². The van der Waals surface area contributed by atoms with Crippen LogP contribution in [0.4, 0.5) is 10.7 Å². The van der Waals surface area contributed by atoms with Crippen LogP contribution in [0.1, 0.15) is 36.7 Å². The third-order valence-electron chi connectivity index (χ3n) is 5.85. The summed E-state index contributed by atoms with van der Waals surface area (Å²) in [6.45, 7) is 1.69. The zero-order valence-electron chi connectivity index (χ0n) is 19.8. The highest BCUT2D eigenvalue weighted by Crippen LogP contribution is 2.37. The number of anilines is 2. The largest absolute Gasteiger partial charge is 0.465 e. The number of nitrogens with zero attached hydrogens (tertiary/aromatic N) is 2. The molecule has 2 heterocycles. The van der Waals surface area contributed by atoms with Gasteiger partial charge in [0.05, 0.1) is 31.2 Å². The molecule has 1 aromatic heterocycles. The number of methoxy groups -OCH3 is 1. The number of likely N-dealkylation sites (N-methyl/N-ethyl adjacent to an activating group) is 1. The molecule has 1 N–H and O–H groups in total. The predicted octanol–water partition coefficient (Wildman–Crippen LogP) is 3.74. The van der Waals surface area contributed by atoms with Crippen LogP contribution in [0.15, 0.2) is 54.6 Å². The smallest absolute Gasteiger partial charge is 0.341 e. The molecule has 1 aliphatic rings. The Bertz CT molecular complexity index is 1340. The maximum absolute atomic E-state index is 13.0. The number of hydrogen-bond acceptors (Lipinski definition) is 7. The van der Waals surface area contributed by atoms with Crippen LogP contribution in [0.2, 0.25) is 0 Å². The SMILES string of the molecule is COC(=O)c1c(NC(=O)c2ccc(CN(c3ccccc3)S(C)(=O)=O)cc2)sc2c1CCN(C)C2. The van der Waals surface area contributed by atoms with E-state index in [0.29, 0.717) is 28.4 Å². The fourth-order valence-electron chi connectivity index (χ4n) is 4.03. The predicted molar refractivity (Wildman–Crippen MR) is 138 cm³/mol. The molecule has 0 saturated carbocycles. The van der Waals surface area contributed by atoms with Gasteiger partial charge in [-0.1, -0.05) is 30.3 Å². The van der Waals surface area contributed by atoms with Crippen molar-refractivity contribution in [3.63, 3.8) is 0 Å². The van der Waals surface area contributed by atoms with Gasteiger partial charge in [-0.05, 0) is 48.9 Å². The van der Waals surface area contributed by atoms with E-state index in [4.69, 9.17) is 4.74 Å². The Morgan fingerprint density at radius 3 is 2.43 bits per heavy atom. The van der Waals surface area contributed by atoms with Crippen molar-refractivity contribution < 1.29 is 22.7 Å². The number of benzene rings is 2. The minimum Gasteiger partial charge on any atom is -0.465 e. The lowest BCUT2D eigenvalue weighted by molar-refractivity contribution is 0.0600. The molecule has 0 bridgehead atoms. The van der Waals surface area contributed by atoms with Gasteiger partial charge in [0.2, 0.25) is 10.0 Å². The number of carbonyl (C=O) groups is 2. The molecule has 0 radical (unpaired) electrons. The standard InChI is InChI=1S/C25H27N3O5S2/c1-27-14-13-20-21(16-27)34-24(22(20)25(30)33-2)26-23(29)18-11-9-17(10-12-18)15-28(35(3,31)32)19-7-5-4-6-8-19/h4-12H,13-16H2,1-3H3,(H,26,29). The topological polar surface area (TPSA) is 96.0 Å². The van der Waals surface area contributed by atoms with Crippen LogP contribution >= 0.6 is 11.3 Å². The highest BCUT2D eigenvalue weighted by molar-refractivity contribution is 7.92. The van der Waals surface area contributed by atoms with E-state index in [1.165, 1.54) is 29.0 Å². The van der Waals surface area contributed by atoms with Crippen molar-refractivity contribution >= 4 is 43.9 Å². The van der Waals surface area contributed by atoms with E-state index in [-0.39, 0.29) is 12.5 Å². The fourth-order valence-corrected chi connectivity index (χ4v) is 6.23. The molecule has 2 aromatic carbocycles. The van der Waals surface area contributed by atoms with E-state index in [1.807, 2.05) is 13.1 Å². The molecule has 10 heteroatoms. The van der Waals surface area contributed by atoms with E-state index in [0.717, 1.165) is 29.0 Å². The minimum atomic E-state index is -3.50. The lowest BCUT2D eigenvalue weighted by Crippen LogP contribution is -2.29. The fraction of sp³-hybridized carbons (Fsp3) is 0.280. The molecule has 0 unspecified atom stereocenters. The summed E-state index contributed by atoms with van der Waals surface area (Å²) in [6, 6.07) is 15.6. The van der Waals surface area contributed by atoms with Gasteiger partial charge in [-0.15, -0.1) is 11.3 Å². The number of carbonyl (C=O) groups excluding carboxylic acids is 2. The Hall–Kier alpha value is -3.21. The van der Waals surface area contributed by atoms with Gasteiger partial charge in [-0.25, -0.2) is 13.2 Å². The summed E-state index contributed by atoms with van der Waals surface area (Å²) in [4.78, 5) is 28.7. The second-order valence-corrected chi connectivity index (χ2v) is 11.5. The third kappa shape index (κ3) is 5.55. The van der Waals surface area contributed by atoms with E-state index < -0.39 is 16.0 Å². The van der Waals surface area contributed by atoms with Gasteiger partial charge >= 0.3 is 5.97 Å². The van der Waals surface area contributed by atoms with E-state index in [1.54, 1.807) is 48.5 Å². The molecule has 1 aliphatic heterocycles. The van der Waals surface area contributed by atoms with Crippen molar-refractivity contribution in [2.24, 2.45) is 0 Å². The van der Waals surface area contributed by atoms with Gasteiger partial charge in [0.15, 0.2) is 0 Å². The average Bonchev–Trinajstić information content (AvgIpc) is 3.18. The zero-order chi connectivity index (χ0) is 25.2. The van der Waals surface area contributed by atoms with E-state index in [9.17, 15) is 18.0 Å². The van der Waals surface area contributed by atoms with Crippen molar-refractivity contribution in [2.75, 3.05) is 36.6 Å². The summed E-state index contributed by atoms with van der Waals surface area (Å²) in [6.07, 6.45) is 1.88. The van der Waals surface area contributed by atoms with Crippen molar-refractivity contribution in [1.29, 1.82) is 0 Å². The van der Waals surface area contributed by atoms with Gasteiger partial charge in [0, 0.05) is 23.5 Å². The van der Waals surface area contributed by atoms with Crippen molar-refractivity contribution in [1.82, 2.24) is 4.90 Å². The molecule has 0 aliphatic carbocycles. The summed E-state index contributed by atoms with van der Waals surface area (Å²) in [5.41, 5.74) is 3.07. The number of para-hydroxylation sites is 1. The van der Waals surface area contributed by atoms with Crippen LogP contribution in [0.5, 0.6) is 0 Å². The van der Waals surface area contributed by atoms with Crippen LogP contribution in [-0.4, -0.2) is 52.2 Å². The molecule has 0 fully saturated rings. The monoisotopic (exact) mass is 513 g/mol. The molecule has 184 valence electrons. The Morgan fingerprint density at radius 2 is 1.80 bits per heavy atom. The molecule has 35 heavy (non-hydrogen) atoms. The molecule has 0 saturated heterocycles. The first-order valence-corrected chi connectivity index (χ1v) is 13.7. The van der Waals surface area contributed by atoms with Crippen LogP contribution < -0.4 is 9.62 Å². The highest BCUT2D eigenvalue weighted by Gasteiger charge is 2.28. The Balaban J connectivity index is 1.54. The molecule has 3 aromatic rings. The normalized spacial score (nSPS) is 13.7. The number of hydrogen-bond donors (Lipinski definition) is 1. The van der Waals surface area contributed by atoms with Gasteiger partial charge in [-0.2, -0.15) is 0 Å². The highest BCUT2D eigenvalue weighted by atomic mass is 32.2. The number of thiophene rings is 1. The minimum absolute atomic E-state index is 0.141. The maximum Gasteiger partial charge on any atom is 0.341 e. The van der Waals surface area contributed by atoms with Crippen LogP contribution in [-0.2, 0) is 34.3 Å². The summed E-state index contributed by atoms with van der Waals surface area (Å²) in [7, 11) is -0.145. The summed E-state index contributed by atoms with van der Waals surface area (Å²) >= 11 is 1.40. The second-order valence-electron chi connectivity index (χ2n) is 8.44. The Morgan fingerprint density at radius 1 is 1.11 bits per heavy atom. The third-order valence-corrected chi connectivity index (χ3v) is 8.12. The molecular formula is C25H27N3O5S2. The van der Waals surface area contributed by atoms with Gasteiger partial charge in [0.25, 0.3) is 5.91 Å². The lowest BCUT2D eigenvalue weighted by atomic mass is 10.0.